The van der Waals surface area contributed by atoms with Crippen molar-refractivity contribution in [3.63, 3.8) is 0 Å². The third-order valence-electron chi connectivity index (χ3n) is 6.64. The first-order valence-corrected chi connectivity index (χ1v) is 12.5. The molecule has 1 atom stereocenters. The average Bonchev–Trinajstić information content (AvgIpc) is 3.30. The minimum Gasteiger partial charge on any atom is -0.465 e. The summed E-state index contributed by atoms with van der Waals surface area (Å²) in [6, 6.07) is 7.68. The minimum atomic E-state index is -0.400. The molecule has 0 saturated carbocycles. The number of hydrogen-bond donors (Lipinski definition) is 1. The number of ether oxygens (including phenoxy) is 1. The molecule has 31 heavy (non-hydrogen) atoms. The number of amides is 1. The second kappa shape index (κ2) is 8.57. The third kappa shape index (κ3) is 4.01. The van der Waals surface area contributed by atoms with Crippen molar-refractivity contribution in [1.29, 1.82) is 0 Å². The van der Waals surface area contributed by atoms with Crippen LogP contribution in [0.25, 0.3) is 10.1 Å². The molecule has 0 fully saturated rings. The van der Waals surface area contributed by atoms with E-state index in [2.05, 4.69) is 26.1 Å². The average molecular weight is 476 g/mol. The Labute approximate surface area is 195 Å². The Morgan fingerprint density at radius 2 is 2.00 bits per heavy atom. The predicted molar refractivity (Wildman–Crippen MR) is 130 cm³/mol. The lowest BCUT2D eigenvalue weighted by molar-refractivity contribution is 0.0600. The number of rotatable bonds is 5. The van der Waals surface area contributed by atoms with E-state index in [-0.39, 0.29) is 11.3 Å². The first kappa shape index (κ1) is 22.3. The molecule has 3 aromatic rings. The summed E-state index contributed by atoms with van der Waals surface area (Å²) in [5, 5.41) is 4.85. The van der Waals surface area contributed by atoms with Gasteiger partial charge in [0, 0.05) is 15.0 Å². The topological polar surface area (TPSA) is 55.4 Å². The highest BCUT2D eigenvalue weighted by Crippen LogP contribution is 2.46. The molecule has 0 spiro atoms. The Morgan fingerprint density at radius 1 is 1.26 bits per heavy atom. The molecule has 0 radical (unpaired) electrons. The molecule has 1 amide bonds. The van der Waals surface area contributed by atoms with Crippen LogP contribution in [-0.2, 0) is 17.6 Å². The summed E-state index contributed by atoms with van der Waals surface area (Å²) in [5.74, 6) is -0.140. The number of hydrogen-bond acceptors (Lipinski definition) is 5. The highest BCUT2D eigenvalue weighted by molar-refractivity contribution is 7.22. The van der Waals surface area contributed by atoms with Crippen molar-refractivity contribution in [2.75, 3.05) is 12.4 Å². The number of carbonyl (C=O) groups excluding carboxylic acids is 2. The molecule has 0 aliphatic heterocycles. The molecular formula is C24H26ClNO3S2. The number of thiophene rings is 2. The maximum atomic E-state index is 13.1. The van der Waals surface area contributed by atoms with Crippen LogP contribution in [0.2, 0.25) is 5.02 Å². The van der Waals surface area contributed by atoms with E-state index < -0.39 is 5.97 Å². The number of anilines is 1. The fourth-order valence-corrected chi connectivity index (χ4v) is 6.99. The number of esters is 1. The van der Waals surface area contributed by atoms with Gasteiger partial charge in [0.1, 0.15) is 9.88 Å². The van der Waals surface area contributed by atoms with Gasteiger partial charge in [-0.15, -0.1) is 22.7 Å². The zero-order chi connectivity index (χ0) is 22.3. The maximum absolute atomic E-state index is 13.1. The molecule has 7 heteroatoms. The highest BCUT2D eigenvalue weighted by atomic mass is 35.5. The molecule has 4 rings (SSSR count). The Hall–Kier alpha value is -1.89. The number of halogens is 1. The van der Waals surface area contributed by atoms with Crippen LogP contribution in [0.15, 0.2) is 24.3 Å². The fraction of sp³-hybridized carbons (Fsp3) is 0.417. The molecule has 1 aliphatic rings. The van der Waals surface area contributed by atoms with Gasteiger partial charge in [0.2, 0.25) is 0 Å². The SMILES string of the molecule is CCC(C)(C)C1CCc2c(sc(NC(=O)c3sc4ccccc4c3Cl)c2C(=O)OC)C1. The number of carbonyl (C=O) groups is 2. The molecule has 4 nitrogen and oxygen atoms in total. The zero-order valence-corrected chi connectivity index (χ0v) is 20.5. The van der Waals surface area contributed by atoms with Gasteiger partial charge in [-0.3, -0.25) is 4.79 Å². The van der Waals surface area contributed by atoms with Gasteiger partial charge < -0.3 is 10.1 Å². The van der Waals surface area contributed by atoms with E-state index in [1.165, 1.54) is 34.7 Å². The lowest BCUT2D eigenvalue weighted by Crippen LogP contribution is -2.28. The van der Waals surface area contributed by atoms with Crippen LogP contribution in [0.5, 0.6) is 0 Å². The van der Waals surface area contributed by atoms with Gasteiger partial charge >= 0.3 is 5.97 Å². The van der Waals surface area contributed by atoms with Crippen molar-refractivity contribution in [1.82, 2.24) is 0 Å². The molecule has 2 aromatic heterocycles. The largest absolute Gasteiger partial charge is 0.465 e. The molecule has 2 heterocycles. The van der Waals surface area contributed by atoms with Gasteiger partial charge in [0.15, 0.2) is 0 Å². The normalized spacial score (nSPS) is 16.2. The van der Waals surface area contributed by atoms with Crippen LogP contribution in [-0.4, -0.2) is 19.0 Å². The van der Waals surface area contributed by atoms with Gasteiger partial charge in [-0.1, -0.05) is 57.0 Å². The molecule has 0 saturated heterocycles. The first-order valence-electron chi connectivity index (χ1n) is 10.5. The fourth-order valence-electron chi connectivity index (χ4n) is 4.27. The van der Waals surface area contributed by atoms with Crippen molar-refractivity contribution in [2.24, 2.45) is 11.3 Å². The molecule has 164 valence electrons. The van der Waals surface area contributed by atoms with Crippen molar-refractivity contribution >= 4 is 61.2 Å². The molecule has 1 aliphatic carbocycles. The van der Waals surface area contributed by atoms with Crippen LogP contribution < -0.4 is 5.32 Å². The smallest absolute Gasteiger partial charge is 0.341 e. The summed E-state index contributed by atoms with van der Waals surface area (Å²) in [7, 11) is 1.38. The van der Waals surface area contributed by atoms with E-state index in [0.29, 0.717) is 26.4 Å². The van der Waals surface area contributed by atoms with E-state index in [0.717, 1.165) is 41.3 Å². The first-order chi connectivity index (χ1) is 14.8. The van der Waals surface area contributed by atoms with E-state index in [1.807, 2.05) is 24.3 Å². The van der Waals surface area contributed by atoms with Crippen LogP contribution in [0.3, 0.4) is 0 Å². The lowest BCUT2D eigenvalue weighted by atomic mass is 9.69. The number of nitrogens with one attached hydrogen (secondary N) is 1. The third-order valence-corrected chi connectivity index (χ3v) is 9.48. The Balaban J connectivity index is 1.69. The van der Waals surface area contributed by atoms with Crippen LogP contribution in [0, 0.1) is 11.3 Å². The standard InChI is InChI=1S/C24H26ClNO3S2/c1-5-24(2,3)13-10-11-14-17(12-13)31-22(18(14)23(28)29-4)26-21(27)20-19(25)15-8-6-7-9-16(15)30-20/h6-9,13H,5,10-12H2,1-4H3,(H,26,27). The van der Waals surface area contributed by atoms with E-state index in [9.17, 15) is 9.59 Å². The van der Waals surface area contributed by atoms with Crippen LogP contribution in [0.1, 0.15) is 64.1 Å². The summed E-state index contributed by atoms with van der Waals surface area (Å²) in [5.41, 5.74) is 1.76. The van der Waals surface area contributed by atoms with Crippen molar-refractivity contribution < 1.29 is 14.3 Å². The van der Waals surface area contributed by atoms with E-state index in [4.69, 9.17) is 16.3 Å². The quantitative estimate of drug-likeness (QED) is 0.397. The number of fused-ring (bicyclic) bond motifs is 2. The molecule has 1 N–H and O–H groups in total. The second-order valence-electron chi connectivity index (χ2n) is 8.68. The minimum absolute atomic E-state index is 0.237. The Kier molecular flexibility index (Phi) is 6.16. The summed E-state index contributed by atoms with van der Waals surface area (Å²) in [6.07, 6.45) is 3.88. The van der Waals surface area contributed by atoms with Gasteiger partial charge in [-0.2, -0.15) is 0 Å². The highest BCUT2D eigenvalue weighted by Gasteiger charge is 2.36. The summed E-state index contributed by atoms with van der Waals surface area (Å²) in [4.78, 5) is 27.4. The van der Waals surface area contributed by atoms with E-state index in [1.54, 1.807) is 0 Å². The maximum Gasteiger partial charge on any atom is 0.341 e. The summed E-state index contributed by atoms with van der Waals surface area (Å²) < 4.78 is 6.03. The Morgan fingerprint density at radius 3 is 2.68 bits per heavy atom. The Bertz CT molecular complexity index is 1160. The predicted octanol–water partition coefficient (Wildman–Crippen LogP) is 7.20. The summed E-state index contributed by atoms with van der Waals surface area (Å²) in [6.45, 7) is 6.84. The van der Waals surface area contributed by atoms with Gasteiger partial charge in [-0.25, -0.2) is 4.79 Å². The van der Waals surface area contributed by atoms with Crippen molar-refractivity contribution in [3.05, 3.63) is 50.2 Å². The van der Waals surface area contributed by atoms with Gasteiger partial charge in [0.05, 0.1) is 17.7 Å². The molecule has 1 unspecified atom stereocenters. The molecule has 0 bridgehead atoms. The van der Waals surface area contributed by atoms with Crippen LogP contribution >= 0.6 is 34.3 Å². The van der Waals surface area contributed by atoms with Crippen molar-refractivity contribution in [2.45, 2.75) is 46.5 Å². The van der Waals surface area contributed by atoms with Gasteiger partial charge in [-0.05, 0) is 42.2 Å². The molecular weight excluding hydrogens is 450 g/mol. The second-order valence-corrected chi connectivity index (χ2v) is 11.2. The van der Waals surface area contributed by atoms with Crippen molar-refractivity contribution in [3.8, 4) is 0 Å². The number of methoxy groups -OCH3 is 1. The monoisotopic (exact) mass is 475 g/mol. The molecule has 1 aromatic carbocycles. The zero-order valence-electron chi connectivity index (χ0n) is 18.1. The van der Waals surface area contributed by atoms with E-state index >= 15 is 0 Å². The van der Waals surface area contributed by atoms with Gasteiger partial charge in [0.25, 0.3) is 5.91 Å². The summed E-state index contributed by atoms with van der Waals surface area (Å²) >= 11 is 9.35. The lowest BCUT2D eigenvalue weighted by Gasteiger charge is -2.36. The number of benzene rings is 1. The van der Waals surface area contributed by atoms with Crippen LogP contribution in [0.4, 0.5) is 5.00 Å².